The van der Waals surface area contributed by atoms with Gasteiger partial charge in [-0.2, -0.15) is 5.26 Å². The number of rotatable bonds is 7. The summed E-state index contributed by atoms with van der Waals surface area (Å²) in [5.74, 6) is 0.810. The molecule has 0 aliphatic carbocycles. The predicted octanol–water partition coefficient (Wildman–Crippen LogP) is 4.42. The summed E-state index contributed by atoms with van der Waals surface area (Å²) in [4.78, 5) is 11.9. The van der Waals surface area contributed by atoms with Crippen LogP contribution in [0.4, 0.5) is 0 Å². The standard InChI is InChI=1S/C25H21NO6/c1-16-4-2-3-5-20(16)24(25(27)28)32-22-13-19(8-7-18(22)14-26)31-15-17-6-9-21-23(12-17)30-11-10-29-21/h2-9,12-13,24H,10-11,15H2,1H3,(H,27,28). The maximum atomic E-state index is 11.9. The molecule has 162 valence electrons. The number of carboxylic acids is 1. The summed E-state index contributed by atoms with van der Waals surface area (Å²) in [7, 11) is 0. The lowest BCUT2D eigenvalue weighted by Crippen LogP contribution is -2.19. The van der Waals surface area contributed by atoms with Crippen LogP contribution in [0.5, 0.6) is 23.0 Å². The summed E-state index contributed by atoms with van der Waals surface area (Å²) < 4.78 is 22.8. The molecule has 1 aliphatic rings. The van der Waals surface area contributed by atoms with Gasteiger partial charge in [-0.3, -0.25) is 0 Å². The second kappa shape index (κ2) is 9.31. The second-order valence-electron chi connectivity index (χ2n) is 7.23. The van der Waals surface area contributed by atoms with Gasteiger partial charge in [-0.25, -0.2) is 4.79 Å². The summed E-state index contributed by atoms with van der Waals surface area (Å²) in [5.41, 5.74) is 2.40. The zero-order chi connectivity index (χ0) is 22.5. The number of nitriles is 1. The molecule has 0 fully saturated rings. The third kappa shape index (κ3) is 4.60. The first-order chi connectivity index (χ1) is 15.5. The van der Waals surface area contributed by atoms with Crippen LogP contribution in [-0.4, -0.2) is 24.3 Å². The number of carbonyl (C=O) groups is 1. The predicted molar refractivity (Wildman–Crippen MR) is 115 cm³/mol. The van der Waals surface area contributed by atoms with E-state index in [1.54, 1.807) is 24.3 Å². The van der Waals surface area contributed by atoms with Crippen LogP contribution in [0.2, 0.25) is 0 Å². The van der Waals surface area contributed by atoms with Crippen LogP contribution < -0.4 is 18.9 Å². The summed E-state index contributed by atoms with van der Waals surface area (Å²) in [5, 5.41) is 19.2. The molecule has 1 aliphatic heterocycles. The molecule has 0 saturated carbocycles. The van der Waals surface area contributed by atoms with E-state index in [-0.39, 0.29) is 17.9 Å². The number of fused-ring (bicyclic) bond motifs is 1. The van der Waals surface area contributed by atoms with Gasteiger partial charge in [0.25, 0.3) is 0 Å². The average molecular weight is 431 g/mol. The van der Waals surface area contributed by atoms with Crippen LogP contribution in [0.3, 0.4) is 0 Å². The highest BCUT2D eigenvalue weighted by Gasteiger charge is 2.25. The van der Waals surface area contributed by atoms with Crippen LogP contribution in [0.1, 0.15) is 28.4 Å². The van der Waals surface area contributed by atoms with Crippen molar-refractivity contribution >= 4 is 5.97 Å². The third-order valence-corrected chi connectivity index (χ3v) is 5.03. The van der Waals surface area contributed by atoms with Gasteiger partial charge in [-0.15, -0.1) is 0 Å². The molecule has 0 aromatic heterocycles. The number of ether oxygens (including phenoxy) is 4. The Labute approximate surface area is 185 Å². The van der Waals surface area contributed by atoms with Crippen molar-refractivity contribution in [2.24, 2.45) is 0 Å². The molecular weight excluding hydrogens is 410 g/mol. The first-order valence-corrected chi connectivity index (χ1v) is 10.1. The van der Waals surface area contributed by atoms with Crippen LogP contribution in [0.15, 0.2) is 60.7 Å². The minimum Gasteiger partial charge on any atom is -0.489 e. The highest BCUT2D eigenvalue weighted by Crippen LogP contribution is 2.33. The van der Waals surface area contributed by atoms with Crippen LogP contribution >= 0.6 is 0 Å². The van der Waals surface area contributed by atoms with E-state index in [0.717, 1.165) is 11.1 Å². The van der Waals surface area contributed by atoms with E-state index in [0.29, 0.717) is 36.0 Å². The van der Waals surface area contributed by atoms with Crippen LogP contribution in [0, 0.1) is 18.3 Å². The largest absolute Gasteiger partial charge is 0.489 e. The Morgan fingerprint density at radius 2 is 1.88 bits per heavy atom. The number of benzene rings is 3. The lowest BCUT2D eigenvalue weighted by Gasteiger charge is -2.19. The molecule has 0 spiro atoms. The zero-order valence-electron chi connectivity index (χ0n) is 17.4. The van der Waals surface area contributed by atoms with Crippen molar-refractivity contribution in [1.82, 2.24) is 0 Å². The molecule has 3 aromatic rings. The molecule has 0 bridgehead atoms. The molecule has 7 heteroatoms. The number of aryl methyl sites for hydroxylation is 1. The van der Waals surface area contributed by atoms with Crippen molar-refractivity contribution in [2.45, 2.75) is 19.6 Å². The fourth-order valence-corrected chi connectivity index (χ4v) is 3.38. The molecule has 4 rings (SSSR count). The van der Waals surface area contributed by atoms with Crippen LogP contribution in [-0.2, 0) is 11.4 Å². The zero-order valence-corrected chi connectivity index (χ0v) is 17.4. The maximum absolute atomic E-state index is 11.9. The Morgan fingerprint density at radius 3 is 2.62 bits per heavy atom. The van der Waals surface area contributed by atoms with Gasteiger partial charge in [0.05, 0.1) is 5.56 Å². The van der Waals surface area contributed by atoms with Crippen molar-refractivity contribution in [2.75, 3.05) is 13.2 Å². The van der Waals surface area contributed by atoms with Crippen molar-refractivity contribution in [3.05, 3.63) is 82.9 Å². The number of aliphatic carboxylic acids is 1. The highest BCUT2D eigenvalue weighted by atomic mass is 16.6. The van der Waals surface area contributed by atoms with E-state index in [4.69, 9.17) is 18.9 Å². The monoisotopic (exact) mass is 431 g/mol. The Kier molecular flexibility index (Phi) is 6.13. The van der Waals surface area contributed by atoms with Gasteiger partial charge >= 0.3 is 5.97 Å². The lowest BCUT2D eigenvalue weighted by molar-refractivity contribution is -0.145. The Balaban J connectivity index is 1.54. The van der Waals surface area contributed by atoms with Gasteiger partial charge in [-0.1, -0.05) is 30.3 Å². The smallest absolute Gasteiger partial charge is 0.349 e. The van der Waals surface area contributed by atoms with E-state index < -0.39 is 12.1 Å². The molecule has 0 radical (unpaired) electrons. The van der Waals surface area contributed by atoms with Gasteiger partial charge in [0.1, 0.15) is 37.4 Å². The highest BCUT2D eigenvalue weighted by molar-refractivity contribution is 5.75. The summed E-state index contributed by atoms with van der Waals surface area (Å²) in [6.07, 6.45) is -1.25. The molecule has 1 unspecified atom stereocenters. The topological polar surface area (TPSA) is 98.0 Å². The molecule has 1 N–H and O–H groups in total. The quantitative estimate of drug-likeness (QED) is 0.591. The maximum Gasteiger partial charge on any atom is 0.349 e. The first kappa shape index (κ1) is 21.1. The molecule has 3 aromatic carbocycles. The van der Waals surface area contributed by atoms with Crippen molar-refractivity contribution in [3.63, 3.8) is 0 Å². The molecule has 1 atom stereocenters. The number of hydrogen-bond acceptors (Lipinski definition) is 6. The first-order valence-electron chi connectivity index (χ1n) is 10.1. The molecule has 1 heterocycles. The SMILES string of the molecule is Cc1ccccc1C(Oc1cc(OCc2ccc3c(c2)OCCO3)ccc1C#N)C(=O)O. The fourth-order valence-electron chi connectivity index (χ4n) is 3.38. The average Bonchev–Trinajstić information content (AvgIpc) is 2.81. The Hall–Kier alpha value is -4.18. The lowest BCUT2D eigenvalue weighted by atomic mass is 10.0. The van der Waals surface area contributed by atoms with Gasteiger partial charge in [0, 0.05) is 11.6 Å². The third-order valence-electron chi connectivity index (χ3n) is 5.03. The number of nitrogens with zero attached hydrogens (tertiary/aromatic N) is 1. The van der Waals surface area contributed by atoms with Gasteiger partial charge < -0.3 is 24.1 Å². The van der Waals surface area contributed by atoms with Crippen molar-refractivity contribution in [1.29, 1.82) is 5.26 Å². The fraction of sp³-hybridized carbons (Fsp3) is 0.200. The van der Waals surface area contributed by atoms with E-state index in [1.807, 2.05) is 43.3 Å². The molecular formula is C25H21NO6. The van der Waals surface area contributed by atoms with Gasteiger partial charge in [0.2, 0.25) is 6.10 Å². The summed E-state index contributed by atoms with van der Waals surface area (Å²) >= 11 is 0. The number of carboxylic acid groups (broad SMARTS) is 1. The van der Waals surface area contributed by atoms with E-state index in [9.17, 15) is 15.2 Å². The molecule has 7 nitrogen and oxygen atoms in total. The van der Waals surface area contributed by atoms with Crippen molar-refractivity contribution < 1.29 is 28.8 Å². The van der Waals surface area contributed by atoms with Gasteiger partial charge in [-0.05, 0) is 42.3 Å². The number of hydrogen-bond donors (Lipinski definition) is 1. The molecule has 0 amide bonds. The summed E-state index contributed by atoms with van der Waals surface area (Å²) in [6, 6.07) is 19.4. The molecule has 0 saturated heterocycles. The van der Waals surface area contributed by atoms with Gasteiger partial charge in [0.15, 0.2) is 11.5 Å². The normalized spacial score (nSPS) is 13.0. The minimum absolute atomic E-state index is 0.142. The van der Waals surface area contributed by atoms with Crippen molar-refractivity contribution in [3.8, 4) is 29.1 Å². The Bertz CT molecular complexity index is 1180. The Morgan fingerprint density at radius 1 is 1.09 bits per heavy atom. The summed E-state index contributed by atoms with van der Waals surface area (Å²) in [6.45, 7) is 3.09. The minimum atomic E-state index is -1.25. The molecule has 32 heavy (non-hydrogen) atoms. The van der Waals surface area contributed by atoms with E-state index in [1.165, 1.54) is 6.07 Å². The van der Waals surface area contributed by atoms with E-state index in [2.05, 4.69) is 0 Å². The second-order valence-corrected chi connectivity index (χ2v) is 7.23. The van der Waals surface area contributed by atoms with E-state index >= 15 is 0 Å². The van der Waals surface area contributed by atoms with Crippen LogP contribution in [0.25, 0.3) is 0 Å².